The number of nitrogens with one attached hydrogen (secondary N) is 2. The van der Waals surface area contributed by atoms with E-state index in [1.165, 1.54) is 18.5 Å². The molecule has 0 aliphatic heterocycles. The number of hydrogen-bond donors (Lipinski definition) is 2. The Bertz CT molecular complexity index is 499. The van der Waals surface area contributed by atoms with Crippen LogP contribution in [-0.4, -0.2) is 21.7 Å². The first-order chi connectivity index (χ1) is 8.72. The predicted molar refractivity (Wildman–Crippen MR) is 62.9 cm³/mol. The van der Waals surface area contributed by atoms with Crippen molar-refractivity contribution in [3.8, 4) is 0 Å². The number of nitrogens with zero attached hydrogens (tertiary/aromatic N) is 2. The zero-order valence-electron chi connectivity index (χ0n) is 9.95. The number of benzene rings is 1. The Labute approximate surface area is 103 Å². The molecule has 18 heavy (non-hydrogen) atoms. The van der Waals surface area contributed by atoms with E-state index in [2.05, 4.69) is 20.5 Å². The maximum atomic E-state index is 13.3. The number of aromatic amines is 1. The van der Waals surface area contributed by atoms with E-state index in [1.807, 2.05) is 6.92 Å². The Morgan fingerprint density at radius 3 is 2.78 bits per heavy atom. The lowest BCUT2D eigenvalue weighted by atomic mass is 10.1. The molecule has 2 aromatic rings. The molecule has 2 rings (SSSR count). The summed E-state index contributed by atoms with van der Waals surface area (Å²) in [6, 6.07) is 3.50. The van der Waals surface area contributed by atoms with E-state index in [4.69, 9.17) is 0 Å². The van der Waals surface area contributed by atoms with Gasteiger partial charge in [-0.15, -0.1) is 0 Å². The highest BCUT2D eigenvalue weighted by Crippen LogP contribution is 2.20. The van der Waals surface area contributed by atoms with Gasteiger partial charge in [0.15, 0.2) is 11.6 Å². The van der Waals surface area contributed by atoms with Gasteiger partial charge in [-0.05, 0) is 30.7 Å². The topological polar surface area (TPSA) is 53.6 Å². The molecule has 0 saturated heterocycles. The van der Waals surface area contributed by atoms with Crippen LogP contribution in [0.4, 0.5) is 8.78 Å². The van der Waals surface area contributed by atoms with E-state index in [0.717, 1.165) is 19.0 Å². The van der Waals surface area contributed by atoms with Gasteiger partial charge in [0.1, 0.15) is 12.2 Å². The molecule has 1 unspecified atom stereocenters. The Hall–Kier alpha value is -1.82. The van der Waals surface area contributed by atoms with Crippen molar-refractivity contribution in [2.24, 2.45) is 0 Å². The second kappa shape index (κ2) is 5.68. The minimum atomic E-state index is -0.865. The predicted octanol–water partition coefficient (Wildman–Crippen LogP) is 2.17. The molecule has 0 aliphatic rings. The summed E-state index contributed by atoms with van der Waals surface area (Å²) in [6.07, 6.45) is 2.31. The lowest BCUT2D eigenvalue weighted by molar-refractivity contribution is 0.501. The van der Waals surface area contributed by atoms with Crippen molar-refractivity contribution >= 4 is 0 Å². The average molecular weight is 252 g/mol. The molecule has 0 saturated carbocycles. The molecule has 0 bridgehead atoms. The monoisotopic (exact) mass is 252 g/mol. The smallest absolute Gasteiger partial charge is 0.159 e. The van der Waals surface area contributed by atoms with Gasteiger partial charge in [0.25, 0.3) is 0 Å². The summed E-state index contributed by atoms with van der Waals surface area (Å²) in [5, 5.41) is 9.72. The Morgan fingerprint density at radius 1 is 1.33 bits per heavy atom. The molecule has 1 heterocycles. The van der Waals surface area contributed by atoms with E-state index in [0.29, 0.717) is 11.4 Å². The minimum absolute atomic E-state index is 0.317. The molecule has 6 heteroatoms. The van der Waals surface area contributed by atoms with Crippen molar-refractivity contribution in [3.05, 3.63) is 47.5 Å². The highest BCUT2D eigenvalue weighted by Gasteiger charge is 2.17. The summed E-state index contributed by atoms with van der Waals surface area (Å²) in [7, 11) is 0. The number of H-pyrrole nitrogens is 1. The summed E-state index contributed by atoms with van der Waals surface area (Å²) in [5.41, 5.74) is 0.610. The van der Waals surface area contributed by atoms with Gasteiger partial charge in [-0.1, -0.05) is 13.0 Å². The highest BCUT2D eigenvalue weighted by atomic mass is 19.2. The standard InChI is InChI=1S/C12H14F2N4/c1-2-5-15-11(12-16-7-17-18-12)8-3-4-9(13)10(14)6-8/h3-4,6-7,11,15H,2,5H2,1H3,(H,16,17,18). The maximum absolute atomic E-state index is 13.3. The SMILES string of the molecule is CCCNC(c1ccc(F)c(F)c1)c1ncn[nH]1. The Balaban J connectivity index is 2.30. The van der Waals surface area contributed by atoms with Gasteiger partial charge < -0.3 is 5.32 Å². The molecule has 0 spiro atoms. The first-order valence-corrected chi connectivity index (χ1v) is 5.76. The average Bonchev–Trinajstić information content (AvgIpc) is 2.88. The van der Waals surface area contributed by atoms with E-state index >= 15 is 0 Å². The molecule has 0 fully saturated rings. The van der Waals surface area contributed by atoms with Crippen LogP contribution in [0.1, 0.15) is 30.8 Å². The van der Waals surface area contributed by atoms with Crippen LogP contribution in [0.15, 0.2) is 24.5 Å². The normalized spacial score (nSPS) is 12.6. The van der Waals surface area contributed by atoms with Crippen LogP contribution in [0.25, 0.3) is 0 Å². The van der Waals surface area contributed by atoms with Gasteiger partial charge in [0.2, 0.25) is 0 Å². The van der Waals surface area contributed by atoms with Crippen LogP contribution < -0.4 is 5.32 Å². The number of aromatic nitrogens is 3. The molecular weight excluding hydrogens is 238 g/mol. The van der Waals surface area contributed by atoms with Gasteiger partial charge in [-0.3, -0.25) is 5.10 Å². The Kier molecular flexibility index (Phi) is 3.99. The second-order valence-corrected chi connectivity index (χ2v) is 3.93. The van der Waals surface area contributed by atoms with Gasteiger partial charge in [0, 0.05) is 0 Å². The summed E-state index contributed by atoms with van der Waals surface area (Å²) < 4.78 is 26.2. The van der Waals surface area contributed by atoms with Crippen molar-refractivity contribution < 1.29 is 8.78 Å². The number of rotatable bonds is 5. The fourth-order valence-corrected chi connectivity index (χ4v) is 1.71. The third kappa shape index (κ3) is 2.70. The zero-order chi connectivity index (χ0) is 13.0. The molecule has 2 N–H and O–H groups in total. The van der Waals surface area contributed by atoms with Gasteiger partial charge in [0.05, 0.1) is 6.04 Å². The van der Waals surface area contributed by atoms with Crippen LogP contribution in [0, 0.1) is 11.6 Å². The summed E-state index contributed by atoms with van der Waals surface area (Å²) >= 11 is 0. The van der Waals surface area contributed by atoms with Crippen LogP contribution in [0.2, 0.25) is 0 Å². The van der Waals surface area contributed by atoms with Crippen LogP contribution in [-0.2, 0) is 0 Å². The lowest BCUT2D eigenvalue weighted by Crippen LogP contribution is -2.24. The van der Waals surface area contributed by atoms with Crippen molar-refractivity contribution in [1.29, 1.82) is 0 Å². The fourth-order valence-electron chi connectivity index (χ4n) is 1.71. The van der Waals surface area contributed by atoms with E-state index in [1.54, 1.807) is 0 Å². The maximum Gasteiger partial charge on any atom is 0.159 e. The molecule has 0 aliphatic carbocycles. The third-order valence-corrected chi connectivity index (χ3v) is 2.58. The number of hydrogen-bond acceptors (Lipinski definition) is 3. The largest absolute Gasteiger partial charge is 0.304 e. The first kappa shape index (κ1) is 12.6. The van der Waals surface area contributed by atoms with Crippen molar-refractivity contribution in [1.82, 2.24) is 20.5 Å². The molecule has 96 valence electrons. The van der Waals surface area contributed by atoms with Crippen LogP contribution >= 0.6 is 0 Å². The second-order valence-electron chi connectivity index (χ2n) is 3.93. The van der Waals surface area contributed by atoms with E-state index < -0.39 is 11.6 Å². The van der Waals surface area contributed by atoms with Crippen molar-refractivity contribution in [3.63, 3.8) is 0 Å². The highest BCUT2D eigenvalue weighted by molar-refractivity contribution is 5.25. The molecule has 0 radical (unpaired) electrons. The molecular formula is C12H14F2N4. The van der Waals surface area contributed by atoms with Crippen molar-refractivity contribution in [2.45, 2.75) is 19.4 Å². The minimum Gasteiger partial charge on any atom is -0.304 e. The van der Waals surface area contributed by atoms with Crippen LogP contribution in [0.5, 0.6) is 0 Å². The lowest BCUT2D eigenvalue weighted by Gasteiger charge is -2.16. The number of halogens is 2. The van der Waals surface area contributed by atoms with E-state index in [-0.39, 0.29) is 6.04 Å². The van der Waals surface area contributed by atoms with Crippen LogP contribution in [0.3, 0.4) is 0 Å². The molecule has 1 atom stereocenters. The first-order valence-electron chi connectivity index (χ1n) is 5.76. The third-order valence-electron chi connectivity index (χ3n) is 2.58. The summed E-state index contributed by atoms with van der Waals surface area (Å²) in [5.74, 6) is -1.14. The Morgan fingerprint density at radius 2 is 2.17 bits per heavy atom. The van der Waals surface area contributed by atoms with E-state index in [9.17, 15) is 8.78 Å². The van der Waals surface area contributed by atoms with Gasteiger partial charge >= 0.3 is 0 Å². The quantitative estimate of drug-likeness (QED) is 0.857. The molecule has 1 aromatic carbocycles. The van der Waals surface area contributed by atoms with Gasteiger partial charge in [-0.25, -0.2) is 13.8 Å². The van der Waals surface area contributed by atoms with Crippen molar-refractivity contribution in [2.75, 3.05) is 6.54 Å². The summed E-state index contributed by atoms with van der Waals surface area (Å²) in [4.78, 5) is 4.05. The zero-order valence-corrected chi connectivity index (χ0v) is 9.95. The molecule has 4 nitrogen and oxygen atoms in total. The summed E-state index contributed by atoms with van der Waals surface area (Å²) in [6.45, 7) is 2.76. The molecule has 1 aromatic heterocycles. The fraction of sp³-hybridized carbons (Fsp3) is 0.333. The van der Waals surface area contributed by atoms with Gasteiger partial charge in [-0.2, -0.15) is 5.10 Å². The molecule has 0 amide bonds.